The van der Waals surface area contributed by atoms with E-state index >= 15 is 0 Å². The quantitative estimate of drug-likeness (QED) is 0.309. The molecule has 1 aromatic carbocycles. The van der Waals surface area contributed by atoms with Gasteiger partial charge in [-0.15, -0.1) is 5.54 Å². The van der Waals surface area contributed by atoms with Gasteiger partial charge >= 0.3 is 0 Å². The minimum atomic E-state index is -1.35. The fourth-order valence-electron chi connectivity index (χ4n) is 2.33. The number of rotatable bonds is 3. The maximum absolute atomic E-state index is 4.75. The lowest BCUT2D eigenvalue weighted by molar-refractivity contribution is 0.624. The van der Waals surface area contributed by atoms with E-state index in [1.54, 1.807) is 0 Å². The van der Waals surface area contributed by atoms with Crippen LogP contribution >= 0.6 is 11.8 Å². The van der Waals surface area contributed by atoms with Gasteiger partial charge < -0.3 is 0 Å². The summed E-state index contributed by atoms with van der Waals surface area (Å²) in [6.07, 6.45) is 5.56. The molecule has 0 aromatic heterocycles. The summed E-state index contributed by atoms with van der Waals surface area (Å²) in [4.78, 5) is 4.75. The van der Waals surface area contributed by atoms with Crippen molar-refractivity contribution >= 4 is 30.6 Å². The molecule has 0 N–H and O–H groups in total. The van der Waals surface area contributed by atoms with Crippen molar-refractivity contribution < 1.29 is 0 Å². The fourth-order valence-corrected chi connectivity index (χ4v) is 3.93. The molecule has 0 spiro atoms. The third kappa shape index (κ3) is 6.54. The molecule has 0 amide bonds. The number of hydrogen-bond acceptors (Lipinski definition) is 2. The normalized spacial score (nSPS) is 16.6. The Morgan fingerprint density at radius 3 is 2.48 bits per heavy atom. The van der Waals surface area contributed by atoms with Gasteiger partial charge in [-0.05, 0) is 36.8 Å². The predicted octanol–water partition coefficient (Wildman–Crippen LogP) is 5.52. The van der Waals surface area contributed by atoms with Crippen molar-refractivity contribution in [1.29, 1.82) is 0 Å². The van der Waals surface area contributed by atoms with Crippen molar-refractivity contribution in [2.24, 2.45) is 10.9 Å². The topological polar surface area (TPSA) is 12.4 Å². The van der Waals surface area contributed by atoms with E-state index in [1.165, 1.54) is 31.4 Å². The Morgan fingerprint density at radius 1 is 1.19 bits per heavy atom. The van der Waals surface area contributed by atoms with E-state index in [2.05, 4.69) is 31.1 Å². The SMILES string of the molecule is C[Si](C)(C)C#CC(=Nc1ccccc1)SCC1CCCC1. The van der Waals surface area contributed by atoms with Crippen LogP contribution in [0.2, 0.25) is 19.6 Å². The third-order valence-electron chi connectivity index (χ3n) is 3.46. The summed E-state index contributed by atoms with van der Waals surface area (Å²) in [5.41, 5.74) is 4.47. The van der Waals surface area contributed by atoms with E-state index < -0.39 is 8.07 Å². The first kappa shape index (κ1) is 16.4. The minimum absolute atomic E-state index is 0.865. The van der Waals surface area contributed by atoms with Crippen molar-refractivity contribution in [3.8, 4) is 11.5 Å². The lowest BCUT2D eigenvalue weighted by Crippen LogP contribution is -2.17. The summed E-state index contributed by atoms with van der Waals surface area (Å²) in [7, 11) is -1.35. The molecule has 1 aromatic rings. The van der Waals surface area contributed by atoms with Gasteiger partial charge in [0.15, 0.2) is 0 Å². The fraction of sp³-hybridized carbons (Fsp3) is 0.500. The molecule has 1 aliphatic carbocycles. The van der Waals surface area contributed by atoms with E-state index in [9.17, 15) is 0 Å². The third-order valence-corrected chi connectivity index (χ3v) is 5.44. The first-order valence-electron chi connectivity index (χ1n) is 7.83. The zero-order chi connectivity index (χ0) is 15.1. The van der Waals surface area contributed by atoms with E-state index in [1.807, 2.05) is 42.1 Å². The molecule has 0 atom stereocenters. The molecule has 0 aliphatic heterocycles. The van der Waals surface area contributed by atoms with Crippen LogP contribution < -0.4 is 0 Å². The standard InChI is InChI=1S/C18H25NSSi/c1-21(2,3)14-13-18(19-17-11-5-4-6-12-17)20-15-16-9-7-8-10-16/h4-6,11-12,16H,7-10,15H2,1-3H3. The number of para-hydroxylation sites is 1. The van der Waals surface area contributed by atoms with Crippen molar-refractivity contribution in [3.05, 3.63) is 30.3 Å². The van der Waals surface area contributed by atoms with Crippen molar-refractivity contribution in [1.82, 2.24) is 0 Å². The first-order chi connectivity index (χ1) is 10.0. The first-order valence-corrected chi connectivity index (χ1v) is 12.3. The lowest BCUT2D eigenvalue weighted by atomic mass is 10.1. The van der Waals surface area contributed by atoms with Gasteiger partial charge in [0.2, 0.25) is 0 Å². The smallest absolute Gasteiger partial charge is 0.146 e. The summed E-state index contributed by atoms with van der Waals surface area (Å²) in [5.74, 6) is 5.39. The molecule has 112 valence electrons. The van der Waals surface area contributed by atoms with Crippen LogP contribution in [0.3, 0.4) is 0 Å². The van der Waals surface area contributed by atoms with Crippen LogP contribution in [0.25, 0.3) is 0 Å². The van der Waals surface area contributed by atoms with Crippen LogP contribution in [-0.4, -0.2) is 18.9 Å². The number of thioether (sulfide) groups is 1. The van der Waals surface area contributed by atoms with Gasteiger partial charge in [-0.2, -0.15) is 0 Å². The Morgan fingerprint density at radius 2 is 1.86 bits per heavy atom. The molecule has 3 heteroatoms. The number of hydrogen-bond donors (Lipinski definition) is 0. The molecule has 1 aliphatic rings. The van der Waals surface area contributed by atoms with Gasteiger partial charge in [0, 0.05) is 5.75 Å². The van der Waals surface area contributed by atoms with E-state index in [4.69, 9.17) is 4.99 Å². The highest BCUT2D eigenvalue weighted by Gasteiger charge is 2.16. The summed E-state index contributed by atoms with van der Waals surface area (Å²) in [5, 5.41) is 0.996. The Balaban J connectivity index is 2.09. The Hall–Kier alpha value is -0.983. The second-order valence-electron chi connectivity index (χ2n) is 6.71. The summed E-state index contributed by atoms with van der Waals surface area (Å²) < 4.78 is 0. The van der Waals surface area contributed by atoms with Gasteiger partial charge in [-0.1, -0.05) is 62.4 Å². The molecule has 2 rings (SSSR count). The summed E-state index contributed by atoms with van der Waals surface area (Å²) >= 11 is 1.85. The Bertz CT molecular complexity index is 528. The maximum Gasteiger partial charge on any atom is 0.146 e. The molecular weight excluding hydrogens is 290 g/mol. The highest BCUT2D eigenvalue weighted by Crippen LogP contribution is 2.28. The molecule has 1 fully saturated rings. The minimum Gasteiger partial charge on any atom is -0.233 e. The molecule has 0 heterocycles. The van der Waals surface area contributed by atoms with Crippen LogP contribution in [0.4, 0.5) is 5.69 Å². The van der Waals surface area contributed by atoms with Crippen LogP contribution in [0.5, 0.6) is 0 Å². The summed E-state index contributed by atoms with van der Waals surface area (Å²) in [6, 6.07) is 10.2. The van der Waals surface area contributed by atoms with Crippen molar-refractivity contribution in [3.63, 3.8) is 0 Å². The average Bonchev–Trinajstić information content (AvgIpc) is 2.95. The number of nitrogens with zero attached hydrogens (tertiary/aromatic N) is 1. The van der Waals surface area contributed by atoms with Crippen molar-refractivity contribution in [2.45, 2.75) is 45.3 Å². The van der Waals surface area contributed by atoms with E-state index in [-0.39, 0.29) is 0 Å². The lowest BCUT2D eigenvalue weighted by Gasteiger charge is -2.08. The molecule has 0 unspecified atom stereocenters. The predicted molar refractivity (Wildman–Crippen MR) is 99.1 cm³/mol. The molecule has 0 saturated heterocycles. The van der Waals surface area contributed by atoms with Gasteiger partial charge in [0.25, 0.3) is 0 Å². The van der Waals surface area contributed by atoms with Gasteiger partial charge in [0.1, 0.15) is 13.1 Å². The van der Waals surface area contributed by atoms with Crippen LogP contribution in [0.15, 0.2) is 35.3 Å². The van der Waals surface area contributed by atoms with Crippen LogP contribution in [-0.2, 0) is 0 Å². The highest BCUT2D eigenvalue weighted by molar-refractivity contribution is 8.14. The van der Waals surface area contributed by atoms with Gasteiger partial charge in [-0.3, -0.25) is 0 Å². The average molecular weight is 316 g/mol. The maximum atomic E-state index is 4.75. The molecule has 1 saturated carbocycles. The second-order valence-corrected chi connectivity index (χ2v) is 12.5. The van der Waals surface area contributed by atoms with Crippen molar-refractivity contribution in [2.75, 3.05) is 5.75 Å². The molecule has 0 radical (unpaired) electrons. The Kier molecular flexibility index (Phi) is 6.14. The zero-order valence-electron chi connectivity index (χ0n) is 13.4. The van der Waals surface area contributed by atoms with Crippen LogP contribution in [0.1, 0.15) is 25.7 Å². The van der Waals surface area contributed by atoms with Gasteiger partial charge in [-0.25, -0.2) is 4.99 Å². The Labute approximate surface area is 134 Å². The highest BCUT2D eigenvalue weighted by atomic mass is 32.2. The molecule has 1 nitrogen and oxygen atoms in total. The second kappa shape index (κ2) is 7.86. The largest absolute Gasteiger partial charge is 0.233 e. The van der Waals surface area contributed by atoms with Crippen LogP contribution in [0, 0.1) is 17.4 Å². The number of benzene rings is 1. The molecule has 0 bridgehead atoms. The molecule has 21 heavy (non-hydrogen) atoms. The summed E-state index contributed by atoms with van der Waals surface area (Å²) in [6.45, 7) is 6.84. The van der Waals surface area contributed by atoms with Gasteiger partial charge in [0.05, 0.1) is 5.69 Å². The number of aliphatic imine (C=N–C) groups is 1. The van der Waals surface area contributed by atoms with E-state index in [0.717, 1.165) is 16.6 Å². The molecular formula is C18H25NSSi. The monoisotopic (exact) mass is 315 g/mol. The van der Waals surface area contributed by atoms with E-state index in [0.29, 0.717) is 0 Å². The zero-order valence-corrected chi connectivity index (χ0v) is 15.2.